The topological polar surface area (TPSA) is 71.4 Å². The van der Waals surface area contributed by atoms with Crippen molar-refractivity contribution in [2.45, 2.75) is 13.3 Å². The van der Waals surface area contributed by atoms with E-state index in [1.54, 1.807) is 0 Å². The van der Waals surface area contributed by atoms with E-state index in [-0.39, 0.29) is 18.9 Å². The number of aliphatic carboxylic acids is 1. The predicted octanol–water partition coefficient (Wildman–Crippen LogP) is -1.03. The van der Waals surface area contributed by atoms with E-state index < -0.39 is 24.0 Å². The van der Waals surface area contributed by atoms with Crippen LogP contribution in [-0.2, 0) is 14.4 Å². The third-order valence-corrected chi connectivity index (χ3v) is 0.648. The molecule has 0 spiro atoms. The van der Waals surface area contributed by atoms with Crippen LogP contribution in [0.4, 0.5) is 0 Å². The van der Waals surface area contributed by atoms with Gasteiger partial charge in [0.05, 0.1) is 6.42 Å². The van der Waals surface area contributed by atoms with Crippen LogP contribution in [0.15, 0.2) is 0 Å². The number of hydrogen-bond acceptors (Lipinski definition) is 3. The summed E-state index contributed by atoms with van der Waals surface area (Å²) in [4.78, 5) is 29.9. The van der Waals surface area contributed by atoms with Gasteiger partial charge in [0.25, 0.3) is 0 Å². The maximum absolute atomic E-state index is 10.1. The zero-order valence-electron chi connectivity index (χ0n) is 4.88. The molecule has 0 aliphatic heterocycles. The van der Waals surface area contributed by atoms with Gasteiger partial charge in [-0.25, -0.2) is 4.79 Å². The molecule has 1 N–H and O–H groups in total. The molecule has 0 aliphatic carbocycles. The van der Waals surface area contributed by atoms with Gasteiger partial charge in [-0.05, 0) is 6.92 Å². The fourth-order valence-electron chi connectivity index (χ4n) is 0.302. The van der Waals surface area contributed by atoms with E-state index in [4.69, 9.17) is 5.11 Å². The molecule has 0 atom stereocenters. The molecule has 0 aromatic carbocycles. The molecule has 52 valence electrons. The first-order valence-electron chi connectivity index (χ1n) is 2.29. The Labute approximate surface area is 69.8 Å². The molecule has 0 amide bonds. The van der Waals surface area contributed by atoms with Crippen LogP contribution in [0.25, 0.3) is 0 Å². The first-order chi connectivity index (χ1) is 4.04. The normalized spacial score (nSPS) is 7.70. The second kappa shape index (κ2) is 5.21. The number of rotatable bonds is 3. The van der Waals surface area contributed by atoms with Crippen LogP contribution < -0.4 is 0 Å². The Bertz CT molecular complexity index is 163. The molecule has 0 rings (SSSR count). The van der Waals surface area contributed by atoms with Gasteiger partial charge in [0.15, 0.2) is 0 Å². The number of carboxylic acids is 1. The molecule has 0 aromatic rings. The minimum absolute atomic E-state index is 0. The average Bonchev–Trinajstić information content (AvgIpc) is 1.63. The number of Topliss-reactive ketones (excluding diaryl/α,β-unsaturated/α-hetero) is 2. The SMILES string of the molecule is CC(=O)CC(=O)C(=O)O.[LiH]. The van der Waals surface area contributed by atoms with Gasteiger partial charge < -0.3 is 5.11 Å². The predicted molar refractivity (Wildman–Crippen MR) is 35.1 cm³/mol. The summed E-state index contributed by atoms with van der Waals surface area (Å²) in [5, 5.41) is 7.93. The van der Waals surface area contributed by atoms with E-state index in [2.05, 4.69) is 0 Å². The third kappa shape index (κ3) is 5.54. The molecule has 4 nitrogen and oxygen atoms in total. The van der Waals surface area contributed by atoms with Crippen LogP contribution in [-0.4, -0.2) is 41.5 Å². The molecule has 0 aromatic heterocycles. The number of hydrogen-bond donors (Lipinski definition) is 1. The second-order valence-corrected chi connectivity index (χ2v) is 1.61. The van der Waals surface area contributed by atoms with Gasteiger partial charge in [-0.15, -0.1) is 0 Å². The molecule has 0 radical (unpaired) electrons. The van der Waals surface area contributed by atoms with Gasteiger partial charge in [0.1, 0.15) is 5.78 Å². The maximum atomic E-state index is 10.1. The summed E-state index contributed by atoms with van der Waals surface area (Å²) < 4.78 is 0. The summed E-state index contributed by atoms with van der Waals surface area (Å²) in [5.41, 5.74) is 0. The monoisotopic (exact) mass is 138 g/mol. The molecular weight excluding hydrogens is 131 g/mol. The van der Waals surface area contributed by atoms with E-state index in [1.165, 1.54) is 6.92 Å². The van der Waals surface area contributed by atoms with Crippen LogP contribution in [0.1, 0.15) is 13.3 Å². The van der Waals surface area contributed by atoms with E-state index in [0.717, 1.165) is 0 Å². The third-order valence-electron chi connectivity index (χ3n) is 0.648. The van der Waals surface area contributed by atoms with Gasteiger partial charge in [-0.2, -0.15) is 0 Å². The summed E-state index contributed by atoms with van der Waals surface area (Å²) >= 11 is 0. The van der Waals surface area contributed by atoms with Crippen molar-refractivity contribution in [1.29, 1.82) is 0 Å². The van der Waals surface area contributed by atoms with Gasteiger partial charge in [0, 0.05) is 0 Å². The Morgan fingerprint density at radius 2 is 1.70 bits per heavy atom. The van der Waals surface area contributed by atoms with Crippen LogP contribution >= 0.6 is 0 Å². The quantitative estimate of drug-likeness (QED) is 0.307. The molecule has 0 fully saturated rings. The van der Waals surface area contributed by atoms with Crippen molar-refractivity contribution in [2.75, 3.05) is 0 Å². The first kappa shape index (κ1) is 12.1. The molecule has 0 saturated heterocycles. The Morgan fingerprint density at radius 1 is 1.30 bits per heavy atom. The van der Waals surface area contributed by atoms with Crippen molar-refractivity contribution in [3.05, 3.63) is 0 Å². The van der Waals surface area contributed by atoms with Crippen molar-refractivity contribution in [3.63, 3.8) is 0 Å². The van der Waals surface area contributed by atoms with Crippen molar-refractivity contribution in [1.82, 2.24) is 0 Å². The summed E-state index contributed by atoms with van der Waals surface area (Å²) in [5.74, 6) is -3.03. The van der Waals surface area contributed by atoms with Crippen LogP contribution in [0.3, 0.4) is 0 Å². The number of carbonyl (C=O) groups excluding carboxylic acids is 2. The fraction of sp³-hybridized carbons (Fsp3) is 0.400. The average molecular weight is 138 g/mol. The van der Waals surface area contributed by atoms with Crippen molar-refractivity contribution < 1.29 is 19.5 Å². The second-order valence-electron chi connectivity index (χ2n) is 1.61. The van der Waals surface area contributed by atoms with E-state index in [1.807, 2.05) is 0 Å². The standard InChI is InChI=1S/C5H6O4.Li.H/c1-3(6)2-4(7)5(8)9;;/h2H2,1H3,(H,8,9);;. The summed E-state index contributed by atoms with van der Waals surface area (Å²) in [6.07, 6.45) is -0.505. The number of carbonyl (C=O) groups is 3. The molecule has 0 bridgehead atoms. The summed E-state index contributed by atoms with van der Waals surface area (Å²) in [6.45, 7) is 1.17. The van der Waals surface area contributed by atoms with Crippen LogP contribution in [0.5, 0.6) is 0 Å². The van der Waals surface area contributed by atoms with Gasteiger partial charge >= 0.3 is 24.8 Å². The Hall–Kier alpha value is -0.593. The van der Waals surface area contributed by atoms with Crippen molar-refractivity contribution in [3.8, 4) is 0 Å². The zero-order valence-corrected chi connectivity index (χ0v) is 4.88. The number of carboxylic acid groups (broad SMARTS) is 1. The van der Waals surface area contributed by atoms with Crippen LogP contribution in [0.2, 0.25) is 0 Å². The zero-order chi connectivity index (χ0) is 7.44. The minimum atomic E-state index is -1.55. The molecule has 0 heterocycles. The van der Waals surface area contributed by atoms with Gasteiger partial charge in [-0.3, -0.25) is 9.59 Å². The van der Waals surface area contributed by atoms with E-state index in [9.17, 15) is 14.4 Å². The summed E-state index contributed by atoms with van der Waals surface area (Å²) in [7, 11) is 0. The fourth-order valence-corrected chi connectivity index (χ4v) is 0.302. The Morgan fingerprint density at radius 3 is 1.80 bits per heavy atom. The van der Waals surface area contributed by atoms with E-state index in [0.29, 0.717) is 0 Å². The molecule has 0 aliphatic rings. The Kier molecular flexibility index (Phi) is 6.32. The Balaban J connectivity index is 0. The van der Waals surface area contributed by atoms with E-state index >= 15 is 0 Å². The molecule has 0 unspecified atom stereocenters. The molecular formula is C5H7LiO4. The van der Waals surface area contributed by atoms with Crippen LogP contribution in [0, 0.1) is 0 Å². The molecule has 10 heavy (non-hydrogen) atoms. The number of ketones is 2. The van der Waals surface area contributed by atoms with Gasteiger partial charge in [0.2, 0.25) is 5.78 Å². The summed E-state index contributed by atoms with van der Waals surface area (Å²) in [6, 6.07) is 0. The van der Waals surface area contributed by atoms with Gasteiger partial charge in [-0.1, -0.05) is 0 Å². The van der Waals surface area contributed by atoms with Crippen molar-refractivity contribution in [2.24, 2.45) is 0 Å². The molecule has 5 heteroatoms. The molecule has 0 saturated carbocycles. The van der Waals surface area contributed by atoms with Crippen molar-refractivity contribution >= 4 is 36.4 Å². The first-order valence-corrected chi connectivity index (χ1v) is 2.29.